The number of nitrogens with one attached hydrogen (secondary N) is 1. The number of pyridine rings is 1. The molecule has 0 saturated carbocycles. The van der Waals surface area contributed by atoms with Gasteiger partial charge in [-0.2, -0.15) is 4.98 Å². The maximum Gasteiger partial charge on any atom is 0.227 e. The van der Waals surface area contributed by atoms with Gasteiger partial charge in [0.2, 0.25) is 17.6 Å². The van der Waals surface area contributed by atoms with Gasteiger partial charge in [0.25, 0.3) is 0 Å². The Labute approximate surface area is 164 Å². The molecule has 6 heteroatoms. The molecule has 4 rings (SSSR count). The Morgan fingerprint density at radius 1 is 1.21 bits per heavy atom. The quantitative estimate of drug-likeness (QED) is 0.728. The molecule has 1 aliphatic carbocycles. The molecule has 1 aliphatic rings. The Hall–Kier alpha value is -3.02. The van der Waals surface area contributed by atoms with Crippen LogP contribution in [-0.2, 0) is 16.6 Å². The van der Waals surface area contributed by atoms with Gasteiger partial charge in [-0.25, -0.2) is 0 Å². The molecule has 0 bridgehead atoms. The van der Waals surface area contributed by atoms with Gasteiger partial charge in [-0.15, -0.1) is 0 Å². The number of carbonyl (C=O) groups is 1. The normalized spacial score (nSPS) is 17.7. The topological polar surface area (TPSA) is 80.9 Å². The Bertz CT molecular complexity index is 965. The molecule has 2 aromatic heterocycles. The lowest BCUT2D eigenvalue weighted by molar-refractivity contribution is -0.122. The van der Waals surface area contributed by atoms with E-state index in [0.29, 0.717) is 24.6 Å². The monoisotopic (exact) mass is 376 g/mol. The van der Waals surface area contributed by atoms with Crippen molar-refractivity contribution in [3.8, 4) is 11.4 Å². The first kappa shape index (κ1) is 18.3. The SMILES string of the molecule is CC1(C)CC[C@@H](NC(=O)CCc2nc(-c3ccncc3)no2)c2ccccc21. The summed E-state index contributed by atoms with van der Waals surface area (Å²) < 4.78 is 5.28. The zero-order chi connectivity index (χ0) is 19.6. The van der Waals surface area contributed by atoms with Gasteiger partial charge in [-0.1, -0.05) is 43.3 Å². The van der Waals surface area contributed by atoms with Gasteiger partial charge in [0.1, 0.15) is 0 Å². The molecule has 0 unspecified atom stereocenters. The van der Waals surface area contributed by atoms with Crippen molar-refractivity contribution in [2.75, 3.05) is 0 Å². The summed E-state index contributed by atoms with van der Waals surface area (Å²) in [5, 5.41) is 7.16. The summed E-state index contributed by atoms with van der Waals surface area (Å²) >= 11 is 0. The lowest BCUT2D eigenvalue weighted by Crippen LogP contribution is -2.35. The van der Waals surface area contributed by atoms with E-state index in [9.17, 15) is 4.79 Å². The van der Waals surface area contributed by atoms with Crippen LogP contribution in [0.1, 0.15) is 56.2 Å². The summed E-state index contributed by atoms with van der Waals surface area (Å²) in [5.41, 5.74) is 3.54. The standard InChI is InChI=1S/C22H24N4O2/c1-22(2)12-9-18(16-5-3-4-6-17(16)22)24-19(27)7-8-20-25-21(26-28-20)15-10-13-23-14-11-15/h3-6,10-11,13-14,18H,7-9,12H2,1-2H3,(H,24,27)/t18-/m1/s1. The van der Waals surface area contributed by atoms with E-state index in [-0.39, 0.29) is 17.4 Å². The van der Waals surface area contributed by atoms with Gasteiger partial charge in [0.05, 0.1) is 6.04 Å². The van der Waals surface area contributed by atoms with E-state index in [1.54, 1.807) is 12.4 Å². The molecule has 28 heavy (non-hydrogen) atoms. The molecule has 1 N–H and O–H groups in total. The Balaban J connectivity index is 1.37. The highest BCUT2D eigenvalue weighted by Crippen LogP contribution is 2.41. The average Bonchev–Trinajstić information content (AvgIpc) is 3.19. The Morgan fingerprint density at radius 2 is 2.00 bits per heavy atom. The third kappa shape index (κ3) is 3.81. The summed E-state index contributed by atoms with van der Waals surface area (Å²) in [6.07, 6.45) is 6.10. The van der Waals surface area contributed by atoms with Crippen LogP contribution in [0.25, 0.3) is 11.4 Å². The predicted molar refractivity (Wildman–Crippen MR) is 105 cm³/mol. The molecular weight excluding hydrogens is 352 g/mol. The van der Waals surface area contributed by atoms with Gasteiger partial charge < -0.3 is 9.84 Å². The van der Waals surface area contributed by atoms with E-state index in [0.717, 1.165) is 18.4 Å². The van der Waals surface area contributed by atoms with Crippen LogP contribution in [0.5, 0.6) is 0 Å². The molecular formula is C22H24N4O2. The summed E-state index contributed by atoms with van der Waals surface area (Å²) in [6, 6.07) is 12.1. The largest absolute Gasteiger partial charge is 0.349 e. The fraction of sp³-hybridized carbons (Fsp3) is 0.364. The van der Waals surface area contributed by atoms with Gasteiger partial charge in [-0.05, 0) is 41.5 Å². The van der Waals surface area contributed by atoms with E-state index < -0.39 is 0 Å². The van der Waals surface area contributed by atoms with Crippen molar-refractivity contribution in [3.05, 3.63) is 65.8 Å². The lowest BCUT2D eigenvalue weighted by Gasteiger charge is -2.37. The molecule has 1 atom stereocenters. The number of carbonyl (C=O) groups excluding carboxylic acids is 1. The molecule has 3 aromatic rings. The van der Waals surface area contributed by atoms with E-state index in [1.807, 2.05) is 18.2 Å². The van der Waals surface area contributed by atoms with Crippen molar-refractivity contribution >= 4 is 5.91 Å². The lowest BCUT2D eigenvalue weighted by atomic mass is 9.71. The van der Waals surface area contributed by atoms with Crippen molar-refractivity contribution in [1.82, 2.24) is 20.4 Å². The Kier molecular flexibility index (Phi) is 4.94. The first-order valence-electron chi connectivity index (χ1n) is 9.65. The van der Waals surface area contributed by atoms with Gasteiger partial charge in [0.15, 0.2) is 0 Å². The van der Waals surface area contributed by atoms with Crippen LogP contribution in [0.3, 0.4) is 0 Å². The minimum absolute atomic E-state index is 0.00294. The zero-order valence-electron chi connectivity index (χ0n) is 16.2. The number of benzene rings is 1. The number of aromatic nitrogens is 3. The molecule has 0 saturated heterocycles. The number of hydrogen-bond donors (Lipinski definition) is 1. The van der Waals surface area contributed by atoms with Crippen LogP contribution in [0, 0.1) is 0 Å². The predicted octanol–water partition coefficient (Wildman–Crippen LogP) is 3.99. The van der Waals surface area contributed by atoms with Crippen LogP contribution < -0.4 is 5.32 Å². The number of aryl methyl sites for hydroxylation is 1. The van der Waals surface area contributed by atoms with Crippen LogP contribution >= 0.6 is 0 Å². The van der Waals surface area contributed by atoms with Crippen molar-refractivity contribution in [2.24, 2.45) is 0 Å². The number of nitrogens with zero attached hydrogens (tertiary/aromatic N) is 3. The minimum Gasteiger partial charge on any atom is -0.349 e. The summed E-state index contributed by atoms with van der Waals surface area (Å²) in [4.78, 5) is 20.9. The van der Waals surface area contributed by atoms with Crippen LogP contribution in [0.2, 0.25) is 0 Å². The summed E-state index contributed by atoms with van der Waals surface area (Å²) in [5.74, 6) is 0.983. The number of hydrogen-bond acceptors (Lipinski definition) is 5. The van der Waals surface area contributed by atoms with Crippen molar-refractivity contribution in [3.63, 3.8) is 0 Å². The summed E-state index contributed by atoms with van der Waals surface area (Å²) in [6.45, 7) is 4.53. The van der Waals surface area contributed by atoms with Crippen molar-refractivity contribution < 1.29 is 9.32 Å². The molecule has 2 heterocycles. The van der Waals surface area contributed by atoms with Crippen molar-refractivity contribution in [2.45, 2.75) is 51.0 Å². The van der Waals surface area contributed by atoms with Crippen molar-refractivity contribution in [1.29, 1.82) is 0 Å². The highest BCUT2D eigenvalue weighted by Gasteiger charge is 2.32. The molecule has 0 spiro atoms. The first-order chi connectivity index (χ1) is 13.5. The Morgan fingerprint density at radius 3 is 2.82 bits per heavy atom. The van der Waals surface area contributed by atoms with Gasteiger partial charge in [0, 0.05) is 30.8 Å². The van der Waals surface area contributed by atoms with E-state index in [4.69, 9.17) is 4.52 Å². The second-order valence-corrected chi connectivity index (χ2v) is 7.88. The highest BCUT2D eigenvalue weighted by molar-refractivity contribution is 5.76. The van der Waals surface area contributed by atoms with Crippen LogP contribution in [0.4, 0.5) is 0 Å². The second-order valence-electron chi connectivity index (χ2n) is 7.88. The van der Waals surface area contributed by atoms with E-state index in [1.165, 1.54) is 11.1 Å². The first-order valence-corrected chi connectivity index (χ1v) is 9.65. The van der Waals surface area contributed by atoms with Gasteiger partial charge >= 0.3 is 0 Å². The average molecular weight is 376 g/mol. The number of amides is 1. The second kappa shape index (κ2) is 7.54. The molecule has 1 amide bonds. The third-order valence-electron chi connectivity index (χ3n) is 5.43. The zero-order valence-corrected chi connectivity index (χ0v) is 16.2. The van der Waals surface area contributed by atoms with Gasteiger partial charge in [-0.3, -0.25) is 9.78 Å². The maximum absolute atomic E-state index is 12.5. The van der Waals surface area contributed by atoms with Crippen LogP contribution in [-0.4, -0.2) is 21.0 Å². The molecule has 144 valence electrons. The molecule has 1 aromatic carbocycles. The van der Waals surface area contributed by atoms with Crippen LogP contribution in [0.15, 0.2) is 53.3 Å². The minimum atomic E-state index is 0.00294. The summed E-state index contributed by atoms with van der Waals surface area (Å²) in [7, 11) is 0. The molecule has 0 radical (unpaired) electrons. The highest BCUT2D eigenvalue weighted by atomic mass is 16.5. The molecule has 0 fully saturated rings. The van der Waals surface area contributed by atoms with E-state index in [2.05, 4.69) is 52.5 Å². The smallest absolute Gasteiger partial charge is 0.227 e. The fourth-order valence-electron chi connectivity index (χ4n) is 3.82. The number of rotatable bonds is 5. The molecule has 6 nitrogen and oxygen atoms in total. The fourth-order valence-corrected chi connectivity index (χ4v) is 3.82. The number of fused-ring (bicyclic) bond motifs is 1. The third-order valence-corrected chi connectivity index (χ3v) is 5.43. The molecule has 0 aliphatic heterocycles. The van der Waals surface area contributed by atoms with E-state index >= 15 is 0 Å². The maximum atomic E-state index is 12.5.